The number of nitrogens with one attached hydrogen (secondary N) is 1. The Hall–Kier alpha value is -1.42. The number of hydrogen-bond acceptors (Lipinski definition) is 3. The van der Waals surface area contributed by atoms with E-state index in [4.69, 9.17) is 0 Å². The topological polar surface area (TPSA) is 55.2 Å². The van der Waals surface area contributed by atoms with Crippen molar-refractivity contribution in [2.75, 3.05) is 6.54 Å². The molecule has 0 amide bonds. The van der Waals surface area contributed by atoms with E-state index >= 15 is 0 Å². The number of benzene rings is 1. The first-order valence-electron chi connectivity index (χ1n) is 7.05. The normalized spacial score (nSPS) is 11.5. The fourth-order valence-electron chi connectivity index (χ4n) is 2.38. The second-order valence-corrected chi connectivity index (χ2v) is 4.94. The van der Waals surface area contributed by atoms with Gasteiger partial charge in [-0.15, -0.1) is 0 Å². The molecule has 0 aliphatic rings. The number of nitrogens with zero attached hydrogens (tertiary/aromatic N) is 1. The zero-order valence-corrected chi connectivity index (χ0v) is 12.1. The van der Waals surface area contributed by atoms with Crippen LogP contribution in [0.3, 0.4) is 0 Å². The monoisotopic (exact) mass is 264 g/mol. The third kappa shape index (κ3) is 4.31. The van der Waals surface area contributed by atoms with Gasteiger partial charge in [0, 0.05) is 17.7 Å². The molecule has 0 saturated carbocycles. The highest BCUT2D eigenvalue weighted by Gasteiger charge is 2.22. The highest BCUT2D eigenvalue weighted by Crippen LogP contribution is 2.19. The van der Waals surface area contributed by atoms with Crippen LogP contribution in [0.15, 0.2) is 24.3 Å². The summed E-state index contributed by atoms with van der Waals surface area (Å²) in [6.45, 7) is 7.55. The van der Waals surface area contributed by atoms with E-state index in [2.05, 4.69) is 26.1 Å². The summed E-state index contributed by atoms with van der Waals surface area (Å²) < 4.78 is 0. The van der Waals surface area contributed by atoms with Crippen LogP contribution in [0.5, 0.6) is 0 Å². The number of hydrogen-bond donors (Lipinski definition) is 1. The van der Waals surface area contributed by atoms with Gasteiger partial charge in [-0.05, 0) is 37.8 Å². The van der Waals surface area contributed by atoms with Gasteiger partial charge in [0.15, 0.2) is 0 Å². The van der Waals surface area contributed by atoms with E-state index in [0.29, 0.717) is 0 Å². The molecule has 106 valence electrons. The largest absolute Gasteiger partial charge is 0.311 e. The van der Waals surface area contributed by atoms with Gasteiger partial charge >= 0.3 is 0 Å². The predicted octanol–water partition coefficient (Wildman–Crippen LogP) is 3.70. The molecule has 1 aromatic carbocycles. The summed E-state index contributed by atoms with van der Waals surface area (Å²) in [5.41, 5.74) is 1.53. The van der Waals surface area contributed by atoms with Crippen molar-refractivity contribution in [3.8, 4) is 0 Å². The van der Waals surface area contributed by atoms with Gasteiger partial charge in [-0.2, -0.15) is 0 Å². The molecule has 4 nitrogen and oxygen atoms in total. The molecule has 19 heavy (non-hydrogen) atoms. The summed E-state index contributed by atoms with van der Waals surface area (Å²) in [4.78, 5) is 10.2. The molecule has 0 aromatic heterocycles. The molecule has 1 aromatic rings. The molecule has 0 fully saturated rings. The van der Waals surface area contributed by atoms with Gasteiger partial charge < -0.3 is 5.32 Å². The Balaban J connectivity index is 2.51. The summed E-state index contributed by atoms with van der Waals surface area (Å²) in [5.74, 6) is 0. The molecule has 0 saturated heterocycles. The molecule has 0 spiro atoms. The maximum atomic E-state index is 10.6. The second-order valence-electron chi connectivity index (χ2n) is 4.94. The first kappa shape index (κ1) is 15.6. The van der Waals surface area contributed by atoms with Crippen molar-refractivity contribution >= 4 is 5.69 Å². The predicted molar refractivity (Wildman–Crippen MR) is 78.4 cm³/mol. The molecule has 0 unspecified atom stereocenters. The molecular weight excluding hydrogens is 240 g/mol. The van der Waals surface area contributed by atoms with Gasteiger partial charge in [-0.1, -0.05) is 32.9 Å². The first-order chi connectivity index (χ1) is 9.06. The second kappa shape index (κ2) is 7.24. The van der Waals surface area contributed by atoms with Crippen molar-refractivity contribution < 1.29 is 4.92 Å². The lowest BCUT2D eigenvalue weighted by Crippen LogP contribution is -2.44. The first-order valence-corrected chi connectivity index (χ1v) is 7.05. The maximum Gasteiger partial charge on any atom is 0.269 e. The van der Waals surface area contributed by atoms with E-state index in [-0.39, 0.29) is 16.1 Å². The number of nitro groups is 1. The summed E-state index contributed by atoms with van der Waals surface area (Å²) in [7, 11) is 0. The van der Waals surface area contributed by atoms with Crippen molar-refractivity contribution in [1.82, 2.24) is 5.32 Å². The molecule has 0 heterocycles. The van der Waals surface area contributed by atoms with Crippen LogP contribution in [-0.4, -0.2) is 17.0 Å². The van der Waals surface area contributed by atoms with E-state index < -0.39 is 0 Å². The Morgan fingerprint density at radius 1 is 1.11 bits per heavy atom. The smallest absolute Gasteiger partial charge is 0.269 e. The van der Waals surface area contributed by atoms with Gasteiger partial charge in [0.25, 0.3) is 5.69 Å². The lowest BCUT2D eigenvalue weighted by atomic mass is 9.89. The van der Waals surface area contributed by atoms with Gasteiger partial charge in [0.05, 0.1) is 4.92 Å². The molecule has 1 rings (SSSR count). The van der Waals surface area contributed by atoms with Crippen LogP contribution in [0.1, 0.15) is 45.6 Å². The quantitative estimate of drug-likeness (QED) is 0.575. The Morgan fingerprint density at radius 2 is 1.63 bits per heavy atom. The average Bonchev–Trinajstić information content (AvgIpc) is 2.45. The summed E-state index contributed by atoms with van der Waals surface area (Å²) in [6, 6.07) is 6.82. The zero-order chi connectivity index (χ0) is 14.3. The van der Waals surface area contributed by atoms with Gasteiger partial charge in [-0.25, -0.2) is 0 Å². The Kier molecular flexibility index (Phi) is 5.96. The van der Waals surface area contributed by atoms with Gasteiger partial charge in [0.1, 0.15) is 0 Å². The Bertz CT molecular complexity index is 389. The van der Waals surface area contributed by atoms with Crippen LogP contribution in [-0.2, 0) is 6.42 Å². The number of non-ortho nitro benzene ring substituents is 1. The highest BCUT2D eigenvalue weighted by molar-refractivity contribution is 5.32. The Morgan fingerprint density at radius 3 is 2.05 bits per heavy atom. The summed E-state index contributed by atoms with van der Waals surface area (Å²) >= 11 is 0. The highest BCUT2D eigenvalue weighted by atomic mass is 16.6. The van der Waals surface area contributed by atoms with E-state index in [1.807, 2.05) is 12.1 Å². The van der Waals surface area contributed by atoms with Crippen LogP contribution in [0.4, 0.5) is 5.69 Å². The molecular formula is C15H24N2O2. The van der Waals surface area contributed by atoms with Crippen molar-refractivity contribution in [3.05, 3.63) is 39.9 Å². The molecule has 1 N–H and O–H groups in total. The third-order valence-electron chi connectivity index (χ3n) is 4.09. The SMILES string of the molecule is CCC(CC)(CC)NCCc1ccc([N+](=O)[O-])cc1. The van der Waals surface area contributed by atoms with Gasteiger partial charge in [-0.3, -0.25) is 10.1 Å². The van der Waals surface area contributed by atoms with Crippen LogP contribution in [0.25, 0.3) is 0 Å². The minimum atomic E-state index is -0.363. The standard InChI is InChI=1S/C15H24N2O2/c1-4-15(5-2,6-3)16-12-11-13-7-9-14(10-8-13)17(18)19/h7-10,16H,4-6,11-12H2,1-3H3. The van der Waals surface area contributed by atoms with Crippen molar-refractivity contribution in [3.63, 3.8) is 0 Å². The molecule has 0 radical (unpaired) electrons. The van der Waals surface area contributed by atoms with Crippen LogP contribution < -0.4 is 5.32 Å². The van der Waals surface area contributed by atoms with Crippen molar-refractivity contribution in [2.24, 2.45) is 0 Å². The average molecular weight is 264 g/mol. The van der Waals surface area contributed by atoms with E-state index in [1.54, 1.807) is 12.1 Å². The number of rotatable bonds is 8. The Labute approximate surface area is 115 Å². The molecule has 0 aliphatic heterocycles. The third-order valence-corrected chi connectivity index (χ3v) is 4.09. The van der Waals surface area contributed by atoms with Crippen LogP contribution in [0.2, 0.25) is 0 Å². The lowest BCUT2D eigenvalue weighted by molar-refractivity contribution is -0.384. The fourth-order valence-corrected chi connectivity index (χ4v) is 2.38. The summed E-state index contributed by atoms with van der Waals surface area (Å²) in [5, 5.41) is 14.2. The van der Waals surface area contributed by atoms with Crippen LogP contribution in [0, 0.1) is 10.1 Å². The molecule has 0 aliphatic carbocycles. The van der Waals surface area contributed by atoms with E-state index in [0.717, 1.165) is 37.8 Å². The molecule has 0 bridgehead atoms. The maximum absolute atomic E-state index is 10.6. The minimum absolute atomic E-state index is 0.154. The fraction of sp³-hybridized carbons (Fsp3) is 0.600. The minimum Gasteiger partial charge on any atom is -0.311 e. The summed E-state index contributed by atoms with van der Waals surface area (Å²) in [6.07, 6.45) is 4.28. The van der Waals surface area contributed by atoms with E-state index in [1.165, 1.54) is 0 Å². The van der Waals surface area contributed by atoms with Gasteiger partial charge in [0.2, 0.25) is 0 Å². The zero-order valence-electron chi connectivity index (χ0n) is 12.1. The van der Waals surface area contributed by atoms with Crippen LogP contribution >= 0.6 is 0 Å². The van der Waals surface area contributed by atoms with E-state index in [9.17, 15) is 10.1 Å². The molecule has 4 heteroatoms. The molecule has 0 atom stereocenters. The lowest BCUT2D eigenvalue weighted by Gasteiger charge is -2.32. The van der Waals surface area contributed by atoms with Crippen molar-refractivity contribution in [1.29, 1.82) is 0 Å². The van der Waals surface area contributed by atoms with Crippen molar-refractivity contribution in [2.45, 2.75) is 52.0 Å². The number of nitro benzene ring substituents is 1.